The van der Waals surface area contributed by atoms with Crippen molar-refractivity contribution in [2.24, 2.45) is 5.92 Å². The lowest BCUT2D eigenvalue weighted by Crippen LogP contribution is -2.40. The second-order valence-corrected chi connectivity index (χ2v) is 7.13. The molecule has 1 aliphatic rings. The number of amides is 1. The Kier molecular flexibility index (Phi) is 5.49. The van der Waals surface area contributed by atoms with Crippen LogP contribution in [0.5, 0.6) is 0 Å². The molecule has 2 aromatic rings. The van der Waals surface area contributed by atoms with Crippen molar-refractivity contribution < 1.29 is 4.79 Å². The Morgan fingerprint density at radius 1 is 1.27 bits per heavy atom. The van der Waals surface area contributed by atoms with Crippen LogP contribution in [-0.2, 0) is 17.8 Å². The molecule has 0 spiro atoms. The number of anilines is 1. The largest absolute Gasteiger partial charge is 0.362 e. The van der Waals surface area contributed by atoms with Gasteiger partial charge in [0.1, 0.15) is 5.82 Å². The molecule has 0 aromatic carbocycles. The maximum atomic E-state index is 12.7. The van der Waals surface area contributed by atoms with E-state index in [0.29, 0.717) is 12.4 Å². The van der Waals surface area contributed by atoms with Crippen LogP contribution in [0.3, 0.4) is 0 Å². The highest BCUT2D eigenvalue weighted by Crippen LogP contribution is 2.29. The molecular weight excluding hydrogens is 326 g/mol. The Hall–Kier alpha value is -2.50. The van der Waals surface area contributed by atoms with E-state index in [9.17, 15) is 4.79 Å². The molecule has 0 radical (unpaired) electrons. The number of carbonyl (C=O) groups is 1. The second-order valence-electron chi connectivity index (χ2n) is 7.13. The third kappa shape index (κ3) is 3.69. The monoisotopic (exact) mass is 353 g/mol. The molecule has 0 fully saturated rings. The van der Waals surface area contributed by atoms with Crippen LogP contribution < -0.4 is 4.90 Å². The molecule has 0 saturated carbocycles. The average Bonchev–Trinajstić information content (AvgIpc) is 2.66. The minimum Gasteiger partial charge on any atom is -0.362 e. The summed E-state index contributed by atoms with van der Waals surface area (Å²) in [5.41, 5.74) is 3.05. The summed E-state index contributed by atoms with van der Waals surface area (Å²) in [5.74, 6) is 1.92. The second kappa shape index (κ2) is 7.81. The smallest absolute Gasteiger partial charge is 0.225 e. The molecule has 26 heavy (non-hydrogen) atoms. The molecule has 1 aliphatic heterocycles. The minimum atomic E-state index is 0.0661. The summed E-state index contributed by atoms with van der Waals surface area (Å²) in [5, 5.41) is 0. The first-order chi connectivity index (χ1) is 12.5. The summed E-state index contributed by atoms with van der Waals surface area (Å²) >= 11 is 0. The Balaban J connectivity index is 1.95. The van der Waals surface area contributed by atoms with Crippen LogP contribution in [0, 0.1) is 5.92 Å². The summed E-state index contributed by atoms with van der Waals surface area (Å²) in [6.07, 6.45) is 6.24. The van der Waals surface area contributed by atoms with Gasteiger partial charge in [0, 0.05) is 50.1 Å². The lowest BCUT2D eigenvalue weighted by Gasteiger charge is -2.32. The molecule has 138 valence electrons. The van der Waals surface area contributed by atoms with Crippen molar-refractivity contribution in [1.29, 1.82) is 0 Å². The van der Waals surface area contributed by atoms with Gasteiger partial charge in [-0.15, -0.1) is 0 Å². The average molecular weight is 353 g/mol. The van der Waals surface area contributed by atoms with E-state index in [1.807, 2.05) is 43.0 Å². The van der Waals surface area contributed by atoms with Gasteiger partial charge in [-0.25, -0.2) is 9.97 Å². The van der Waals surface area contributed by atoms with E-state index in [-0.39, 0.29) is 11.8 Å². The van der Waals surface area contributed by atoms with Crippen LogP contribution in [-0.4, -0.2) is 46.4 Å². The number of nitrogens with zero attached hydrogens (tertiary/aromatic N) is 5. The summed E-state index contributed by atoms with van der Waals surface area (Å²) < 4.78 is 0. The molecule has 6 heteroatoms. The third-order valence-electron chi connectivity index (χ3n) is 4.86. The van der Waals surface area contributed by atoms with Gasteiger partial charge in [-0.3, -0.25) is 9.78 Å². The molecule has 0 saturated heterocycles. The lowest BCUT2D eigenvalue weighted by atomic mass is 10.00. The summed E-state index contributed by atoms with van der Waals surface area (Å²) in [7, 11) is 4.00. The third-order valence-corrected chi connectivity index (χ3v) is 4.86. The SMILES string of the molecule is CCC[C@@H](C)C(=O)N1CCc2c(nc(-c3ccncc3)nc2N(C)C)C1. The molecular formula is C20H27N5O. The first kappa shape index (κ1) is 18.3. The molecule has 0 aliphatic carbocycles. The van der Waals surface area contributed by atoms with E-state index in [4.69, 9.17) is 9.97 Å². The minimum absolute atomic E-state index is 0.0661. The van der Waals surface area contributed by atoms with Gasteiger partial charge in [0.2, 0.25) is 5.91 Å². The maximum absolute atomic E-state index is 12.7. The van der Waals surface area contributed by atoms with Gasteiger partial charge in [-0.1, -0.05) is 20.3 Å². The van der Waals surface area contributed by atoms with E-state index in [0.717, 1.165) is 48.4 Å². The molecule has 1 atom stereocenters. The highest BCUT2D eigenvalue weighted by Gasteiger charge is 2.28. The van der Waals surface area contributed by atoms with Gasteiger partial charge in [-0.05, 0) is 25.0 Å². The van der Waals surface area contributed by atoms with Crippen LogP contribution in [0.4, 0.5) is 5.82 Å². The number of hydrogen-bond donors (Lipinski definition) is 0. The number of rotatable bonds is 5. The molecule has 1 amide bonds. The molecule has 0 N–H and O–H groups in total. The summed E-state index contributed by atoms with van der Waals surface area (Å²) in [4.78, 5) is 30.4. The zero-order chi connectivity index (χ0) is 18.7. The van der Waals surface area contributed by atoms with Crippen LogP contribution in [0.25, 0.3) is 11.4 Å². The van der Waals surface area contributed by atoms with E-state index >= 15 is 0 Å². The van der Waals surface area contributed by atoms with Gasteiger partial charge in [0.15, 0.2) is 5.82 Å². The topological polar surface area (TPSA) is 62.2 Å². The van der Waals surface area contributed by atoms with E-state index in [1.54, 1.807) is 12.4 Å². The number of fused-ring (bicyclic) bond motifs is 1. The summed E-state index contributed by atoms with van der Waals surface area (Å²) in [6.45, 7) is 5.43. The van der Waals surface area contributed by atoms with Crippen LogP contribution in [0.2, 0.25) is 0 Å². The number of hydrogen-bond acceptors (Lipinski definition) is 5. The Morgan fingerprint density at radius 3 is 2.65 bits per heavy atom. The van der Waals surface area contributed by atoms with Crippen molar-refractivity contribution in [2.45, 2.75) is 39.7 Å². The van der Waals surface area contributed by atoms with Crippen molar-refractivity contribution in [3.63, 3.8) is 0 Å². The van der Waals surface area contributed by atoms with Gasteiger partial charge in [0.25, 0.3) is 0 Å². The van der Waals surface area contributed by atoms with Crippen molar-refractivity contribution >= 4 is 11.7 Å². The van der Waals surface area contributed by atoms with Crippen molar-refractivity contribution in [2.75, 3.05) is 25.5 Å². The van der Waals surface area contributed by atoms with Gasteiger partial charge >= 0.3 is 0 Å². The molecule has 0 bridgehead atoms. The highest BCUT2D eigenvalue weighted by molar-refractivity contribution is 5.79. The maximum Gasteiger partial charge on any atom is 0.225 e. The lowest BCUT2D eigenvalue weighted by molar-refractivity contribution is -0.136. The Labute approximate surface area is 155 Å². The Morgan fingerprint density at radius 2 is 2.00 bits per heavy atom. The van der Waals surface area contributed by atoms with Crippen LogP contribution >= 0.6 is 0 Å². The number of carbonyl (C=O) groups excluding carboxylic acids is 1. The van der Waals surface area contributed by atoms with Gasteiger partial charge in [0.05, 0.1) is 12.2 Å². The van der Waals surface area contributed by atoms with Crippen LogP contribution in [0.15, 0.2) is 24.5 Å². The molecule has 0 unspecified atom stereocenters. The van der Waals surface area contributed by atoms with E-state index < -0.39 is 0 Å². The number of pyridine rings is 1. The quantitative estimate of drug-likeness (QED) is 0.827. The van der Waals surface area contributed by atoms with Crippen molar-refractivity contribution in [3.8, 4) is 11.4 Å². The van der Waals surface area contributed by atoms with E-state index in [1.165, 1.54) is 0 Å². The molecule has 6 nitrogen and oxygen atoms in total. The fourth-order valence-electron chi connectivity index (χ4n) is 3.47. The fourth-order valence-corrected chi connectivity index (χ4v) is 3.47. The van der Waals surface area contributed by atoms with Crippen molar-refractivity contribution in [1.82, 2.24) is 19.9 Å². The number of aromatic nitrogens is 3. The molecule has 3 heterocycles. The first-order valence-corrected chi connectivity index (χ1v) is 9.27. The predicted molar refractivity (Wildman–Crippen MR) is 103 cm³/mol. The van der Waals surface area contributed by atoms with Crippen LogP contribution in [0.1, 0.15) is 37.9 Å². The van der Waals surface area contributed by atoms with Crippen molar-refractivity contribution in [3.05, 3.63) is 35.8 Å². The predicted octanol–water partition coefficient (Wildman–Crippen LogP) is 2.93. The molecule has 3 rings (SSSR count). The van der Waals surface area contributed by atoms with Gasteiger partial charge in [-0.2, -0.15) is 0 Å². The zero-order valence-electron chi connectivity index (χ0n) is 16.1. The van der Waals surface area contributed by atoms with Gasteiger partial charge < -0.3 is 9.80 Å². The first-order valence-electron chi connectivity index (χ1n) is 9.27. The standard InChI is InChI=1S/C20H27N5O/c1-5-6-14(2)20(26)25-12-9-16-17(13-25)22-18(23-19(16)24(3)4)15-7-10-21-11-8-15/h7-8,10-11,14H,5-6,9,12-13H2,1-4H3/t14-/m1/s1. The Bertz CT molecular complexity index is 775. The van der Waals surface area contributed by atoms with E-state index in [2.05, 4.69) is 11.9 Å². The normalized spacial score (nSPS) is 14.7. The highest BCUT2D eigenvalue weighted by atomic mass is 16.2. The summed E-state index contributed by atoms with van der Waals surface area (Å²) in [6, 6.07) is 3.83. The zero-order valence-corrected chi connectivity index (χ0v) is 16.1. The molecule has 2 aromatic heterocycles. The fraction of sp³-hybridized carbons (Fsp3) is 0.500.